The van der Waals surface area contributed by atoms with Crippen LogP contribution in [0.15, 0.2) is 35.3 Å². The summed E-state index contributed by atoms with van der Waals surface area (Å²) in [6, 6.07) is 10.1. The van der Waals surface area contributed by atoms with E-state index in [9.17, 15) is 4.79 Å². The van der Waals surface area contributed by atoms with Crippen molar-refractivity contribution in [3.05, 3.63) is 40.8 Å². The maximum atomic E-state index is 11.9. The van der Waals surface area contributed by atoms with Crippen LogP contribution in [0.1, 0.15) is 15.2 Å². The zero-order chi connectivity index (χ0) is 15.4. The Kier molecular flexibility index (Phi) is 4.75. The molecule has 2 aromatic rings. The van der Waals surface area contributed by atoms with E-state index in [1.54, 1.807) is 6.34 Å². The van der Waals surface area contributed by atoms with E-state index in [1.807, 2.05) is 44.1 Å². The van der Waals surface area contributed by atoms with Crippen molar-refractivity contribution < 1.29 is 9.53 Å². The van der Waals surface area contributed by atoms with Gasteiger partial charge in [-0.25, -0.2) is 9.79 Å². The van der Waals surface area contributed by atoms with Crippen molar-refractivity contribution >= 4 is 29.3 Å². The van der Waals surface area contributed by atoms with E-state index in [2.05, 4.69) is 17.1 Å². The minimum atomic E-state index is -0.357. The molecule has 0 fully saturated rings. The van der Waals surface area contributed by atoms with Crippen LogP contribution >= 0.6 is 11.3 Å². The molecule has 0 aliphatic rings. The number of carbonyl (C=O) groups excluding carboxylic acids is 1. The van der Waals surface area contributed by atoms with Gasteiger partial charge in [0.25, 0.3) is 0 Å². The first kappa shape index (κ1) is 15.3. The second-order valence-corrected chi connectivity index (χ2v) is 5.94. The summed E-state index contributed by atoms with van der Waals surface area (Å²) in [5.74, 6) is -0.357. The highest BCUT2D eigenvalue weighted by atomic mass is 32.1. The second kappa shape index (κ2) is 6.54. The topological polar surface area (TPSA) is 41.9 Å². The van der Waals surface area contributed by atoms with Crippen LogP contribution in [0, 0.1) is 6.92 Å². The predicted octanol–water partition coefficient (Wildman–Crippen LogP) is 3.73. The molecule has 0 unspecified atom stereocenters. The molecule has 0 atom stereocenters. The molecule has 4 nitrogen and oxygen atoms in total. The largest absolute Gasteiger partial charge is 0.465 e. The van der Waals surface area contributed by atoms with Crippen molar-refractivity contribution in [2.45, 2.75) is 6.92 Å². The van der Waals surface area contributed by atoms with Gasteiger partial charge in [0.2, 0.25) is 0 Å². The number of carbonyl (C=O) groups is 1. The van der Waals surface area contributed by atoms with Gasteiger partial charge < -0.3 is 9.64 Å². The maximum absolute atomic E-state index is 11.9. The molecule has 0 radical (unpaired) electrons. The second-order valence-electron chi connectivity index (χ2n) is 4.89. The Hall–Kier alpha value is -2.14. The van der Waals surface area contributed by atoms with Crippen LogP contribution in [0.3, 0.4) is 0 Å². The van der Waals surface area contributed by atoms with Crippen molar-refractivity contribution in [1.82, 2.24) is 4.90 Å². The number of methoxy groups -OCH3 is 1. The van der Waals surface area contributed by atoms with Crippen LogP contribution < -0.4 is 0 Å². The molecule has 1 aromatic carbocycles. The molecule has 5 heteroatoms. The van der Waals surface area contributed by atoms with Crippen molar-refractivity contribution in [3.8, 4) is 10.4 Å². The normalized spacial score (nSPS) is 10.9. The molecule has 2 rings (SSSR count). The van der Waals surface area contributed by atoms with Gasteiger partial charge in [-0.2, -0.15) is 0 Å². The Labute approximate surface area is 128 Å². The summed E-state index contributed by atoms with van der Waals surface area (Å²) in [5.41, 5.74) is 2.91. The average Bonchev–Trinajstić information content (AvgIpc) is 2.89. The van der Waals surface area contributed by atoms with Crippen molar-refractivity contribution in [2.24, 2.45) is 4.99 Å². The molecule has 0 N–H and O–H groups in total. The van der Waals surface area contributed by atoms with Gasteiger partial charge in [0.15, 0.2) is 0 Å². The van der Waals surface area contributed by atoms with Crippen LogP contribution in [0.5, 0.6) is 0 Å². The minimum Gasteiger partial charge on any atom is -0.465 e. The standard InChI is InChI=1S/C16H18N2O2S/c1-11-5-7-12(8-6-11)14-9-13(17-10-18(2)3)15(21-14)16(19)20-4/h5-10H,1-4H3/b17-10+. The van der Waals surface area contributed by atoms with E-state index >= 15 is 0 Å². The minimum absolute atomic E-state index is 0.357. The van der Waals surface area contributed by atoms with Gasteiger partial charge in [0.1, 0.15) is 4.88 Å². The molecule has 0 aliphatic heterocycles. The van der Waals surface area contributed by atoms with Crippen LogP contribution in [-0.4, -0.2) is 38.4 Å². The molecule has 0 spiro atoms. The zero-order valence-electron chi connectivity index (χ0n) is 12.6. The first-order valence-electron chi connectivity index (χ1n) is 6.51. The lowest BCUT2D eigenvalue weighted by Crippen LogP contribution is -2.07. The molecule has 110 valence electrons. The number of aliphatic imine (C=N–C) groups is 1. The monoisotopic (exact) mass is 302 g/mol. The smallest absolute Gasteiger partial charge is 0.350 e. The molecule has 0 saturated carbocycles. The first-order chi connectivity index (χ1) is 10.0. The van der Waals surface area contributed by atoms with Gasteiger partial charge in [0.05, 0.1) is 19.1 Å². The third-order valence-corrected chi connectivity index (χ3v) is 4.00. The van der Waals surface area contributed by atoms with Gasteiger partial charge in [0, 0.05) is 19.0 Å². The number of rotatable bonds is 4. The number of esters is 1. The Morgan fingerprint density at radius 2 is 1.95 bits per heavy atom. The Bertz CT molecular complexity index is 657. The summed E-state index contributed by atoms with van der Waals surface area (Å²) in [6.07, 6.45) is 1.67. The fraction of sp³-hybridized carbons (Fsp3) is 0.250. The highest BCUT2D eigenvalue weighted by Gasteiger charge is 2.17. The SMILES string of the molecule is COC(=O)c1sc(-c2ccc(C)cc2)cc1/N=C/N(C)C. The number of aryl methyl sites for hydroxylation is 1. The van der Waals surface area contributed by atoms with E-state index < -0.39 is 0 Å². The number of hydrogen-bond donors (Lipinski definition) is 0. The maximum Gasteiger partial charge on any atom is 0.350 e. The number of nitrogens with zero attached hydrogens (tertiary/aromatic N) is 2. The summed E-state index contributed by atoms with van der Waals surface area (Å²) >= 11 is 1.40. The molecular weight excluding hydrogens is 284 g/mol. The van der Waals surface area contributed by atoms with E-state index in [1.165, 1.54) is 24.0 Å². The molecule has 0 bridgehead atoms. The van der Waals surface area contributed by atoms with Crippen molar-refractivity contribution in [2.75, 3.05) is 21.2 Å². The third kappa shape index (κ3) is 3.70. The summed E-state index contributed by atoms with van der Waals surface area (Å²) in [5, 5.41) is 0. The number of hydrogen-bond acceptors (Lipinski definition) is 4. The fourth-order valence-corrected chi connectivity index (χ4v) is 2.78. The van der Waals surface area contributed by atoms with Crippen LogP contribution in [0.4, 0.5) is 5.69 Å². The summed E-state index contributed by atoms with van der Waals surface area (Å²) in [6.45, 7) is 2.05. The van der Waals surface area contributed by atoms with E-state index in [0.29, 0.717) is 10.6 Å². The first-order valence-corrected chi connectivity index (χ1v) is 7.32. The van der Waals surface area contributed by atoms with Gasteiger partial charge in [-0.1, -0.05) is 29.8 Å². The van der Waals surface area contributed by atoms with Crippen molar-refractivity contribution in [1.29, 1.82) is 0 Å². The highest BCUT2D eigenvalue weighted by molar-refractivity contribution is 7.18. The molecule has 0 saturated heterocycles. The molecule has 1 heterocycles. The number of ether oxygens (including phenoxy) is 1. The van der Waals surface area contributed by atoms with E-state index in [0.717, 1.165) is 10.4 Å². The Balaban J connectivity index is 2.44. The highest BCUT2D eigenvalue weighted by Crippen LogP contribution is 2.36. The quantitative estimate of drug-likeness (QED) is 0.491. The van der Waals surface area contributed by atoms with Crippen LogP contribution in [-0.2, 0) is 4.74 Å². The summed E-state index contributed by atoms with van der Waals surface area (Å²) < 4.78 is 4.84. The summed E-state index contributed by atoms with van der Waals surface area (Å²) in [7, 11) is 5.15. The predicted molar refractivity (Wildman–Crippen MR) is 87.7 cm³/mol. The molecule has 0 amide bonds. The van der Waals surface area contributed by atoms with Gasteiger partial charge in [-0.3, -0.25) is 0 Å². The third-order valence-electron chi connectivity index (χ3n) is 2.85. The molecule has 21 heavy (non-hydrogen) atoms. The molecular formula is C16H18N2O2S. The van der Waals surface area contributed by atoms with Gasteiger partial charge >= 0.3 is 5.97 Å². The van der Waals surface area contributed by atoms with Crippen molar-refractivity contribution in [3.63, 3.8) is 0 Å². The Morgan fingerprint density at radius 3 is 2.52 bits per heavy atom. The molecule has 1 aromatic heterocycles. The zero-order valence-corrected chi connectivity index (χ0v) is 13.4. The van der Waals surface area contributed by atoms with E-state index in [-0.39, 0.29) is 5.97 Å². The summed E-state index contributed by atoms with van der Waals surface area (Å²) in [4.78, 5) is 19.6. The number of benzene rings is 1. The lowest BCUT2D eigenvalue weighted by Gasteiger charge is -2.02. The van der Waals surface area contributed by atoms with Crippen LogP contribution in [0.25, 0.3) is 10.4 Å². The fourth-order valence-electron chi connectivity index (χ4n) is 1.75. The Morgan fingerprint density at radius 1 is 1.29 bits per heavy atom. The van der Waals surface area contributed by atoms with Gasteiger partial charge in [-0.05, 0) is 18.6 Å². The number of thiophene rings is 1. The van der Waals surface area contributed by atoms with Gasteiger partial charge in [-0.15, -0.1) is 11.3 Å². The lowest BCUT2D eigenvalue weighted by atomic mass is 10.1. The lowest BCUT2D eigenvalue weighted by molar-refractivity contribution is 0.0607. The van der Waals surface area contributed by atoms with Crippen LogP contribution in [0.2, 0.25) is 0 Å². The average molecular weight is 302 g/mol. The molecule has 0 aliphatic carbocycles. The van der Waals surface area contributed by atoms with E-state index in [4.69, 9.17) is 4.74 Å².